The van der Waals surface area contributed by atoms with Crippen LogP contribution in [-0.4, -0.2) is 34.0 Å². The van der Waals surface area contributed by atoms with E-state index in [-0.39, 0.29) is 24.8 Å². The number of anilines is 1. The minimum Gasteiger partial charge on any atom is -0.367 e. The maximum Gasteiger partial charge on any atom is 0.138 e. The van der Waals surface area contributed by atoms with Crippen LogP contribution in [0.3, 0.4) is 0 Å². The standard InChI is InChI=1S/C20H30N4S.2ClH/c1-2-5-9-16(10-6-3-1)23-19-18-13-17(25-20(18)22-15-21-19)14-24-11-7-4-8-12-24;;/h13,15-16H,1-12,14H2,(H,21,22,23);2*1H. The van der Waals surface area contributed by atoms with Crippen molar-refractivity contribution in [2.75, 3.05) is 18.4 Å². The Kier molecular flexibility index (Phi) is 9.57. The van der Waals surface area contributed by atoms with Crippen molar-refractivity contribution in [1.29, 1.82) is 0 Å². The van der Waals surface area contributed by atoms with Crippen molar-refractivity contribution in [2.24, 2.45) is 0 Å². The van der Waals surface area contributed by atoms with E-state index in [0.717, 1.165) is 17.2 Å². The number of hydrogen-bond acceptors (Lipinski definition) is 5. The second kappa shape index (κ2) is 11.4. The van der Waals surface area contributed by atoms with Gasteiger partial charge in [0.05, 0.1) is 5.39 Å². The molecule has 2 aromatic heterocycles. The second-order valence-electron chi connectivity index (χ2n) is 7.68. The van der Waals surface area contributed by atoms with E-state index < -0.39 is 0 Å². The topological polar surface area (TPSA) is 41.1 Å². The fraction of sp³-hybridized carbons (Fsp3) is 0.700. The molecule has 3 heterocycles. The van der Waals surface area contributed by atoms with Gasteiger partial charge in [0, 0.05) is 17.5 Å². The van der Waals surface area contributed by atoms with E-state index in [9.17, 15) is 0 Å². The molecule has 0 amide bonds. The fourth-order valence-electron chi connectivity index (χ4n) is 4.23. The molecule has 0 atom stereocenters. The minimum absolute atomic E-state index is 0. The summed E-state index contributed by atoms with van der Waals surface area (Å²) in [5, 5.41) is 4.97. The van der Waals surface area contributed by atoms with Crippen LogP contribution in [0.4, 0.5) is 5.82 Å². The molecule has 0 radical (unpaired) electrons. The lowest BCUT2D eigenvalue weighted by atomic mass is 9.97. The normalized spacial score (nSPS) is 19.6. The summed E-state index contributed by atoms with van der Waals surface area (Å²) in [4.78, 5) is 14.3. The van der Waals surface area contributed by atoms with Gasteiger partial charge in [-0.25, -0.2) is 9.97 Å². The highest BCUT2D eigenvalue weighted by molar-refractivity contribution is 7.18. The van der Waals surface area contributed by atoms with Crippen molar-refractivity contribution in [1.82, 2.24) is 14.9 Å². The van der Waals surface area contributed by atoms with E-state index >= 15 is 0 Å². The lowest BCUT2D eigenvalue weighted by molar-refractivity contribution is 0.223. The highest BCUT2D eigenvalue weighted by Gasteiger charge is 2.16. The van der Waals surface area contributed by atoms with Gasteiger partial charge in [-0.15, -0.1) is 36.2 Å². The molecule has 4 nitrogen and oxygen atoms in total. The summed E-state index contributed by atoms with van der Waals surface area (Å²) in [6.45, 7) is 3.56. The summed E-state index contributed by atoms with van der Waals surface area (Å²) in [7, 11) is 0. The number of aromatic nitrogens is 2. The van der Waals surface area contributed by atoms with Crippen LogP contribution in [-0.2, 0) is 6.54 Å². The van der Waals surface area contributed by atoms with E-state index in [1.54, 1.807) is 6.33 Å². The average molecular weight is 431 g/mol. The van der Waals surface area contributed by atoms with Crippen LogP contribution in [0.2, 0.25) is 0 Å². The lowest BCUT2D eigenvalue weighted by Crippen LogP contribution is -2.28. The number of likely N-dealkylation sites (tertiary alicyclic amines) is 1. The highest BCUT2D eigenvalue weighted by atomic mass is 35.5. The van der Waals surface area contributed by atoms with Crippen LogP contribution in [0.1, 0.15) is 69.1 Å². The molecule has 0 aromatic carbocycles. The third kappa shape index (κ3) is 6.18. The lowest BCUT2D eigenvalue weighted by Gasteiger charge is -2.25. The number of thiophene rings is 1. The number of nitrogens with zero attached hydrogens (tertiary/aromatic N) is 3. The molecular weight excluding hydrogens is 399 g/mol. The van der Waals surface area contributed by atoms with Gasteiger partial charge in [0.25, 0.3) is 0 Å². The number of piperidine rings is 1. The molecule has 0 unspecified atom stereocenters. The number of halogens is 2. The Labute approximate surface area is 179 Å². The summed E-state index contributed by atoms with van der Waals surface area (Å²) >= 11 is 1.84. The first-order valence-electron chi connectivity index (χ1n) is 10.1. The molecule has 2 fully saturated rings. The molecule has 1 N–H and O–H groups in total. The van der Waals surface area contributed by atoms with Crippen LogP contribution in [0.5, 0.6) is 0 Å². The zero-order valence-electron chi connectivity index (χ0n) is 16.0. The Balaban J connectivity index is 0.00000131. The van der Waals surface area contributed by atoms with Crippen LogP contribution in [0, 0.1) is 0 Å². The van der Waals surface area contributed by atoms with Crippen LogP contribution >= 0.6 is 36.2 Å². The van der Waals surface area contributed by atoms with Crippen molar-refractivity contribution in [2.45, 2.75) is 76.8 Å². The highest BCUT2D eigenvalue weighted by Crippen LogP contribution is 2.31. The van der Waals surface area contributed by atoms with Gasteiger partial charge in [-0.1, -0.05) is 38.5 Å². The van der Waals surface area contributed by atoms with Gasteiger partial charge in [-0.3, -0.25) is 4.90 Å². The molecule has 1 saturated heterocycles. The van der Waals surface area contributed by atoms with E-state index in [2.05, 4.69) is 26.3 Å². The molecule has 1 saturated carbocycles. The van der Waals surface area contributed by atoms with Gasteiger partial charge in [0.2, 0.25) is 0 Å². The average Bonchev–Trinajstić information content (AvgIpc) is 3.01. The first-order valence-corrected chi connectivity index (χ1v) is 10.9. The van der Waals surface area contributed by atoms with E-state index in [1.165, 1.54) is 87.6 Å². The van der Waals surface area contributed by atoms with E-state index in [1.807, 2.05) is 11.3 Å². The second-order valence-corrected chi connectivity index (χ2v) is 8.79. The largest absolute Gasteiger partial charge is 0.367 e. The summed E-state index contributed by atoms with van der Waals surface area (Å²) in [5.74, 6) is 1.05. The molecule has 2 aliphatic rings. The van der Waals surface area contributed by atoms with Crippen molar-refractivity contribution < 1.29 is 0 Å². The first-order chi connectivity index (χ1) is 12.4. The zero-order valence-corrected chi connectivity index (χ0v) is 18.4. The van der Waals surface area contributed by atoms with Gasteiger partial charge >= 0.3 is 0 Å². The van der Waals surface area contributed by atoms with Crippen molar-refractivity contribution in [3.05, 3.63) is 17.3 Å². The quantitative estimate of drug-likeness (QED) is 0.640. The van der Waals surface area contributed by atoms with Crippen molar-refractivity contribution in [3.63, 3.8) is 0 Å². The van der Waals surface area contributed by atoms with Crippen LogP contribution in [0.25, 0.3) is 10.2 Å². The summed E-state index contributed by atoms with van der Waals surface area (Å²) in [6.07, 6.45) is 15.2. The van der Waals surface area contributed by atoms with E-state index in [0.29, 0.717) is 6.04 Å². The third-order valence-corrected chi connectivity index (χ3v) is 6.68. The summed E-state index contributed by atoms with van der Waals surface area (Å²) in [5.41, 5.74) is 0. The number of nitrogens with one attached hydrogen (secondary N) is 1. The smallest absolute Gasteiger partial charge is 0.138 e. The molecule has 7 heteroatoms. The van der Waals surface area contributed by atoms with Gasteiger partial charge < -0.3 is 5.32 Å². The molecule has 152 valence electrons. The monoisotopic (exact) mass is 430 g/mol. The maximum absolute atomic E-state index is 4.59. The molecule has 0 spiro atoms. The summed E-state index contributed by atoms with van der Waals surface area (Å²) in [6, 6.07) is 2.91. The fourth-order valence-corrected chi connectivity index (χ4v) is 5.27. The Bertz CT molecular complexity index is 680. The molecule has 0 bridgehead atoms. The Morgan fingerprint density at radius 3 is 2.33 bits per heavy atom. The predicted molar refractivity (Wildman–Crippen MR) is 121 cm³/mol. The van der Waals surface area contributed by atoms with Gasteiger partial charge in [-0.2, -0.15) is 0 Å². The Hall–Kier alpha value is -0.620. The first kappa shape index (κ1) is 22.7. The Morgan fingerprint density at radius 1 is 0.926 bits per heavy atom. The predicted octanol–water partition coefficient (Wildman–Crippen LogP) is 6.05. The van der Waals surface area contributed by atoms with Gasteiger partial charge in [-0.05, 0) is 44.8 Å². The molecule has 4 rings (SSSR count). The maximum atomic E-state index is 4.59. The van der Waals surface area contributed by atoms with Gasteiger partial charge in [0.1, 0.15) is 17.0 Å². The van der Waals surface area contributed by atoms with Crippen LogP contribution < -0.4 is 5.32 Å². The van der Waals surface area contributed by atoms with Crippen molar-refractivity contribution >= 4 is 52.2 Å². The van der Waals surface area contributed by atoms with Gasteiger partial charge in [0.15, 0.2) is 0 Å². The zero-order chi connectivity index (χ0) is 16.9. The molecule has 1 aliphatic carbocycles. The van der Waals surface area contributed by atoms with Crippen LogP contribution in [0.15, 0.2) is 12.4 Å². The Morgan fingerprint density at radius 2 is 1.59 bits per heavy atom. The SMILES string of the molecule is Cl.Cl.c1nc(NC2CCCCCCC2)c2cc(CN3CCCCC3)sc2n1. The number of hydrogen-bond donors (Lipinski definition) is 1. The minimum atomic E-state index is 0. The number of rotatable bonds is 4. The molecule has 27 heavy (non-hydrogen) atoms. The number of fused-ring (bicyclic) bond motifs is 1. The molecular formula is C20H32Cl2N4S. The third-order valence-electron chi connectivity index (χ3n) is 5.65. The summed E-state index contributed by atoms with van der Waals surface area (Å²) < 4.78 is 0. The van der Waals surface area contributed by atoms with E-state index in [4.69, 9.17) is 0 Å². The molecule has 1 aliphatic heterocycles. The van der Waals surface area contributed by atoms with Crippen molar-refractivity contribution in [3.8, 4) is 0 Å². The molecule has 2 aromatic rings.